The van der Waals surface area contributed by atoms with Crippen molar-refractivity contribution in [1.29, 1.82) is 0 Å². The molecule has 4 nitrogen and oxygen atoms in total. The predicted octanol–water partition coefficient (Wildman–Crippen LogP) is 2.73. The highest BCUT2D eigenvalue weighted by Crippen LogP contribution is 2.20. The van der Waals surface area contributed by atoms with E-state index >= 15 is 0 Å². The van der Waals surface area contributed by atoms with Gasteiger partial charge in [-0.05, 0) is 43.7 Å². The third kappa shape index (κ3) is 3.86. The zero-order valence-corrected chi connectivity index (χ0v) is 11.2. The van der Waals surface area contributed by atoms with Crippen molar-refractivity contribution in [2.75, 3.05) is 13.1 Å². The molecule has 0 radical (unpaired) electrons. The minimum absolute atomic E-state index is 0.292. The lowest BCUT2D eigenvalue weighted by Gasteiger charge is -1.99. The Morgan fingerprint density at radius 3 is 2.79 bits per heavy atom. The summed E-state index contributed by atoms with van der Waals surface area (Å²) in [5.74, 6) is 0.646. The maximum Gasteiger partial charge on any atom is 0.247 e. The molecule has 0 aliphatic carbocycles. The van der Waals surface area contributed by atoms with Gasteiger partial charge < -0.3 is 9.73 Å². The Hall–Kier alpha value is -1.75. The van der Waals surface area contributed by atoms with Crippen molar-refractivity contribution < 1.29 is 8.81 Å². The van der Waals surface area contributed by atoms with Gasteiger partial charge in [-0.2, -0.15) is 0 Å². The molecule has 1 aromatic heterocycles. The van der Waals surface area contributed by atoms with Crippen molar-refractivity contribution in [2.24, 2.45) is 0 Å². The van der Waals surface area contributed by atoms with E-state index in [1.807, 2.05) is 13.0 Å². The number of nitrogens with zero attached hydrogens (tertiary/aromatic N) is 2. The Morgan fingerprint density at radius 2 is 2.05 bits per heavy atom. The second kappa shape index (κ2) is 6.43. The maximum atomic E-state index is 13.3. The van der Waals surface area contributed by atoms with Crippen LogP contribution in [-0.2, 0) is 6.42 Å². The van der Waals surface area contributed by atoms with E-state index in [1.165, 1.54) is 12.1 Å². The Balaban J connectivity index is 2.03. The molecule has 0 saturated heterocycles. The molecule has 0 amide bonds. The molecule has 1 aromatic carbocycles. The van der Waals surface area contributed by atoms with Gasteiger partial charge >= 0.3 is 0 Å². The molecule has 102 valence electrons. The minimum atomic E-state index is -0.292. The van der Waals surface area contributed by atoms with Crippen molar-refractivity contribution in [3.8, 4) is 11.5 Å². The van der Waals surface area contributed by atoms with Gasteiger partial charge in [-0.1, -0.05) is 6.92 Å². The summed E-state index contributed by atoms with van der Waals surface area (Å²) in [5, 5.41) is 11.2. The van der Waals surface area contributed by atoms with Crippen molar-refractivity contribution in [3.63, 3.8) is 0 Å². The molecule has 0 fully saturated rings. The quantitative estimate of drug-likeness (QED) is 0.814. The maximum absolute atomic E-state index is 13.3. The van der Waals surface area contributed by atoms with E-state index in [0.717, 1.165) is 25.1 Å². The van der Waals surface area contributed by atoms with Gasteiger partial charge in [-0.15, -0.1) is 10.2 Å². The molecule has 1 heterocycles. The number of hydrogen-bond donors (Lipinski definition) is 1. The summed E-state index contributed by atoms with van der Waals surface area (Å²) in [6.07, 6.45) is 1.78. The summed E-state index contributed by atoms with van der Waals surface area (Å²) in [4.78, 5) is 0. The number of rotatable bonds is 6. The van der Waals surface area contributed by atoms with Gasteiger partial charge in [0.15, 0.2) is 0 Å². The van der Waals surface area contributed by atoms with Gasteiger partial charge in [0.2, 0.25) is 11.8 Å². The SMILES string of the molecule is CCCNCCc1nnc(-c2cc(C)cc(F)c2)o1. The van der Waals surface area contributed by atoms with E-state index in [4.69, 9.17) is 4.42 Å². The number of benzene rings is 1. The second-order valence-corrected chi connectivity index (χ2v) is 4.52. The Kier molecular flexibility index (Phi) is 4.63. The van der Waals surface area contributed by atoms with Crippen LogP contribution in [0.5, 0.6) is 0 Å². The third-order valence-electron chi connectivity index (χ3n) is 2.70. The van der Waals surface area contributed by atoms with Crippen LogP contribution in [0.1, 0.15) is 24.8 Å². The van der Waals surface area contributed by atoms with E-state index in [0.29, 0.717) is 23.8 Å². The van der Waals surface area contributed by atoms with Crippen molar-refractivity contribution in [2.45, 2.75) is 26.7 Å². The Morgan fingerprint density at radius 1 is 1.21 bits per heavy atom. The van der Waals surface area contributed by atoms with Crippen LogP contribution in [0.25, 0.3) is 11.5 Å². The summed E-state index contributed by atoms with van der Waals surface area (Å²) in [5.41, 5.74) is 1.46. The lowest BCUT2D eigenvalue weighted by Crippen LogP contribution is -2.17. The van der Waals surface area contributed by atoms with Gasteiger partial charge in [0, 0.05) is 18.5 Å². The summed E-state index contributed by atoms with van der Waals surface area (Å²) in [7, 11) is 0. The lowest BCUT2D eigenvalue weighted by molar-refractivity contribution is 0.494. The Bertz CT molecular complexity index is 519. The standard InChI is InChI=1S/C14H18FN3O/c1-3-5-16-6-4-13-17-18-14(19-13)11-7-10(2)8-12(15)9-11/h7-9,16H,3-6H2,1-2H3. The molecule has 1 N–H and O–H groups in total. The van der Waals surface area contributed by atoms with Crippen LogP contribution in [0.2, 0.25) is 0 Å². The average molecular weight is 263 g/mol. The van der Waals surface area contributed by atoms with E-state index in [-0.39, 0.29) is 5.82 Å². The molecule has 0 aliphatic rings. The van der Waals surface area contributed by atoms with Gasteiger partial charge in [0.1, 0.15) is 5.82 Å². The lowest BCUT2D eigenvalue weighted by atomic mass is 10.1. The first kappa shape index (κ1) is 13.7. The number of nitrogens with one attached hydrogen (secondary N) is 1. The van der Waals surface area contributed by atoms with Crippen LogP contribution >= 0.6 is 0 Å². The van der Waals surface area contributed by atoms with Gasteiger partial charge in [-0.3, -0.25) is 0 Å². The summed E-state index contributed by atoms with van der Waals surface area (Å²) in [6, 6.07) is 4.70. The summed E-state index contributed by atoms with van der Waals surface area (Å²) >= 11 is 0. The highest BCUT2D eigenvalue weighted by atomic mass is 19.1. The number of aryl methyl sites for hydroxylation is 1. The molecule has 0 spiro atoms. The molecule has 0 atom stereocenters. The van der Waals surface area contributed by atoms with E-state index < -0.39 is 0 Å². The second-order valence-electron chi connectivity index (χ2n) is 4.52. The Labute approximate surface area is 112 Å². The van der Waals surface area contributed by atoms with Gasteiger partial charge in [-0.25, -0.2) is 4.39 Å². The van der Waals surface area contributed by atoms with Crippen LogP contribution in [0.15, 0.2) is 22.6 Å². The van der Waals surface area contributed by atoms with Gasteiger partial charge in [0.25, 0.3) is 0 Å². The zero-order chi connectivity index (χ0) is 13.7. The van der Waals surface area contributed by atoms with Crippen molar-refractivity contribution >= 4 is 0 Å². The van der Waals surface area contributed by atoms with E-state index in [1.54, 1.807) is 0 Å². The fourth-order valence-electron chi connectivity index (χ4n) is 1.83. The highest BCUT2D eigenvalue weighted by Gasteiger charge is 2.09. The molecule has 0 saturated carbocycles. The summed E-state index contributed by atoms with van der Waals surface area (Å²) in [6.45, 7) is 5.73. The molecule has 0 bridgehead atoms. The smallest absolute Gasteiger partial charge is 0.247 e. The highest BCUT2D eigenvalue weighted by molar-refractivity contribution is 5.53. The molecule has 0 aliphatic heterocycles. The zero-order valence-electron chi connectivity index (χ0n) is 11.2. The summed E-state index contributed by atoms with van der Waals surface area (Å²) < 4.78 is 18.8. The molecule has 2 rings (SSSR count). The monoisotopic (exact) mass is 263 g/mol. The number of halogens is 1. The fourth-order valence-corrected chi connectivity index (χ4v) is 1.83. The third-order valence-corrected chi connectivity index (χ3v) is 2.70. The van der Waals surface area contributed by atoms with Crippen molar-refractivity contribution in [3.05, 3.63) is 35.5 Å². The van der Waals surface area contributed by atoms with Crippen molar-refractivity contribution in [1.82, 2.24) is 15.5 Å². The first-order valence-electron chi connectivity index (χ1n) is 6.49. The predicted molar refractivity (Wildman–Crippen MR) is 71.3 cm³/mol. The number of aromatic nitrogens is 2. The molecule has 0 unspecified atom stereocenters. The van der Waals surface area contributed by atoms with Crippen LogP contribution in [-0.4, -0.2) is 23.3 Å². The topological polar surface area (TPSA) is 51.0 Å². The minimum Gasteiger partial charge on any atom is -0.421 e. The van der Waals surface area contributed by atoms with E-state index in [2.05, 4.69) is 22.4 Å². The van der Waals surface area contributed by atoms with Crippen LogP contribution in [0.4, 0.5) is 4.39 Å². The molecule has 19 heavy (non-hydrogen) atoms. The average Bonchev–Trinajstić information content (AvgIpc) is 2.82. The first-order valence-corrected chi connectivity index (χ1v) is 6.49. The van der Waals surface area contributed by atoms with Crippen LogP contribution in [0, 0.1) is 12.7 Å². The molecule has 5 heteroatoms. The largest absolute Gasteiger partial charge is 0.421 e. The fraction of sp³-hybridized carbons (Fsp3) is 0.429. The normalized spacial score (nSPS) is 10.9. The van der Waals surface area contributed by atoms with E-state index in [9.17, 15) is 4.39 Å². The number of hydrogen-bond acceptors (Lipinski definition) is 4. The van der Waals surface area contributed by atoms with Crippen LogP contribution in [0.3, 0.4) is 0 Å². The first-order chi connectivity index (χ1) is 9.19. The molecular formula is C14H18FN3O. The molecule has 2 aromatic rings. The van der Waals surface area contributed by atoms with Crippen LogP contribution < -0.4 is 5.32 Å². The van der Waals surface area contributed by atoms with Gasteiger partial charge in [0.05, 0.1) is 0 Å². The molecular weight excluding hydrogens is 245 g/mol.